The average Bonchev–Trinajstić information content (AvgIpc) is 2.63. The van der Waals surface area contributed by atoms with Gasteiger partial charge in [0.2, 0.25) is 5.88 Å². The minimum Gasteiger partial charge on any atom is -0.473 e. The number of ether oxygens (including phenoxy) is 3. The highest BCUT2D eigenvalue weighted by molar-refractivity contribution is 6.06. The van der Waals surface area contributed by atoms with Gasteiger partial charge in [-0.2, -0.15) is 0 Å². The van der Waals surface area contributed by atoms with Gasteiger partial charge in [-0.1, -0.05) is 30.3 Å². The molecule has 0 radical (unpaired) electrons. The van der Waals surface area contributed by atoms with Gasteiger partial charge in [0.05, 0.1) is 11.8 Å². The van der Waals surface area contributed by atoms with Crippen molar-refractivity contribution in [2.75, 3.05) is 28.0 Å². The normalized spacial score (nSPS) is 10.7. The molecule has 0 spiro atoms. The average molecular weight is 342 g/mol. The number of methoxy groups -OCH3 is 1. The second-order valence-corrected chi connectivity index (χ2v) is 5.49. The zero-order valence-electron chi connectivity index (χ0n) is 14.6. The zero-order chi connectivity index (χ0) is 18.1. The van der Waals surface area contributed by atoms with Gasteiger partial charge in [-0.25, -0.2) is 4.98 Å². The van der Waals surface area contributed by atoms with Gasteiger partial charge in [0.1, 0.15) is 6.61 Å². The van der Waals surface area contributed by atoms with Crippen LogP contribution in [0.4, 0.5) is 0 Å². The Kier molecular flexibility index (Phi) is 6.98. The quantitative estimate of drug-likeness (QED) is 0.397. The smallest absolute Gasteiger partial charge is 0.214 e. The number of nitrogens with zero attached hydrogens (tertiary/aromatic N) is 2. The molecule has 1 aromatic carbocycles. The Bertz CT molecular complexity index is 715. The molecule has 0 unspecified atom stereocenters. The molecule has 1 aromatic heterocycles. The molecular weight excluding hydrogens is 320 g/mol. The maximum atomic E-state index is 12.4. The molecule has 0 amide bonds. The number of aromatic nitrogens is 1. The van der Waals surface area contributed by atoms with E-state index in [9.17, 15) is 4.79 Å². The summed E-state index contributed by atoms with van der Waals surface area (Å²) in [5.41, 5.74) is 1.39. The molecule has 6 heteroatoms. The molecule has 0 saturated carbocycles. The lowest BCUT2D eigenvalue weighted by molar-refractivity contribution is 0.0500. The second kappa shape index (κ2) is 9.44. The van der Waals surface area contributed by atoms with Gasteiger partial charge < -0.3 is 19.1 Å². The van der Waals surface area contributed by atoms with E-state index in [0.717, 1.165) is 5.56 Å². The minimum absolute atomic E-state index is 0.0313. The molecule has 0 fully saturated rings. The fraction of sp³-hybridized carbons (Fsp3) is 0.263. The summed E-state index contributed by atoms with van der Waals surface area (Å²) in [7, 11) is 5.19. The van der Waals surface area contributed by atoms with Crippen LogP contribution >= 0.6 is 0 Å². The van der Waals surface area contributed by atoms with Crippen molar-refractivity contribution in [2.24, 2.45) is 0 Å². The molecule has 0 saturated heterocycles. The topological polar surface area (TPSA) is 60.9 Å². The number of allylic oxidation sites excluding steroid dienone is 1. The highest BCUT2D eigenvalue weighted by Gasteiger charge is 2.13. The van der Waals surface area contributed by atoms with E-state index in [1.54, 1.807) is 17.2 Å². The summed E-state index contributed by atoms with van der Waals surface area (Å²) in [4.78, 5) is 18.4. The summed E-state index contributed by atoms with van der Waals surface area (Å²) >= 11 is 0. The third kappa shape index (κ3) is 5.93. The lowest BCUT2D eigenvalue weighted by Crippen LogP contribution is -2.08. The van der Waals surface area contributed by atoms with E-state index in [1.165, 1.54) is 19.4 Å². The number of pyridine rings is 1. The molecule has 25 heavy (non-hydrogen) atoms. The third-order valence-corrected chi connectivity index (χ3v) is 3.19. The largest absolute Gasteiger partial charge is 0.473 e. The van der Waals surface area contributed by atoms with Gasteiger partial charge in [0.25, 0.3) is 0 Å². The van der Waals surface area contributed by atoms with E-state index in [2.05, 4.69) is 4.98 Å². The molecule has 2 rings (SSSR count). The molecule has 1 heterocycles. The van der Waals surface area contributed by atoms with Gasteiger partial charge in [-0.15, -0.1) is 0 Å². The number of hydrogen-bond acceptors (Lipinski definition) is 6. The lowest BCUT2D eigenvalue weighted by Gasteiger charge is -2.11. The summed E-state index contributed by atoms with van der Waals surface area (Å²) in [6.07, 6.45) is 4.61. The van der Waals surface area contributed by atoms with Crippen LogP contribution < -0.4 is 9.47 Å². The Labute approximate surface area is 147 Å². The summed E-state index contributed by atoms with van der Waals surface area (Å²) in [6, 6.07) is 11.3. The molecule has 6 nitrogen and oxygen atoms in total. The summed E-state index contributed by atoms with van der Waals surface area (Å²) < 4.78 is 16.0. The Morgan fingerprint density at radius 1 is 1.20 bits per heavy atom. The van der Waals surface area contributed by atoms with Gasteiger partial charge in [-0.3, -0.25) is 4.79 Å². The fourth-order valence-corrected chi connectivity index (χ4v) is 1.97. The van der Waals surface area contributed by atoms with Crippen LogP contribution in [0.25, 0.3) is 0 Å². The summed E-state index contributed by atoms with van der Waals surface area (Å²) in [5.74, 6) is 0.504. The van der Waals surface area contributed by atoms with Crippen LogP contribution in [0.2, 0.25) is 0 Å². The van der Waals surface area contributed by atoms with Gasteiger partial charge in [-0.05, 0) is 5.56 Å². The SMILES string of the molecule is COCOc1cnc(OCc2ccccc2)cc1C(=O)C=CN(C)C. The summed E-state index contributed by atoms with van der Waals surface area (Å²) in [5, 5.41) is 0. The van der Waals surface area contributed by atoms with E-state index in [1.807, 2.05) is 44.4 Å². The van der Waals surface area contributed by atoms with Crippen LogP contribution in [-0.2, 0) is 11.3 Å². The van der Waals surface area contributed by atoms with Crippen LogP contribution in [0, 0.1) is 0 Å². The molecule has 2 aromatic rings. The first kappa shape index (κ1) is 18.5. The Hall–Kier alpha value is -2.86. The molecule has 132 valence electrons. The Morgan fingerprint density at radius 2 is 1.96 bits per heavy atom. The molecule has 0 atom stereocenters. The van der Waals surface area contributed by atoms with Gasteiger partial charge in [0.15, 0.2) is 18.3 Å². The van der Waals surface area contributed by atoms with Crippen LogP contribution in [0.15, 0.2) is 54.9 Å². The van der Waals surface area contributed by atoms with Crippen molar-refractivity contribution in [3.8, 4) is 11.6 Å². The monoisotopic (exact) mass is 342 g/mol. The molecule has 0 aliphatic carbocycles. The minimum atomic E-state index is -0.202. The number of carbonyl (C=O) groups is 1. The Morgan fingerprint density at radius 3 is 2.64 bits per heavy atom. The maximum Gasteiger partial charge on any atom is 0.214 e. The van der Waals surface area contributed by atoms with Crippen molar-refractivity contribution in [1.82, 2.24) is 9.88 Å². The number of carbonyl (C=O) groups excluding carboxylic acids is 1. The van der Waals surface area contributed by atoms with Gasteiger partial charge >= 0.3 is 0 Å². The first-order chi connectivity index (χ1) is 12.1. The number of ketones is 1. The standard InChI is InChI=1S/C19H22N2O4/c1-21(2)10-9-17(22)16-11-19(20-12-18(16)25-14-23-3)24-13-15-7-5-4-6-8-15/h4-12H,13-14H2,1-3H3. The fourth-order valence-electron chi connectivity index (χ4n) is 1.97. The molecule has 0 aliphatic heterocycles. The van der Waals surface area contributed by atoms with Crippen LogP contribution in [-0.4, -0.2) is 43.7 Å². The van der Waals surface area contributed by atoms with Crippen molar-refractivity contribution >= 4 is 5.78 Å². The first-order valence-corrected chi connectivity index (χ1v) is 7.77. The Balaban J connectivity index is 2.18. The highest BCUT2D eigenvalue weighted by Crippen LogP contribution is 2.23. The molecule has 0 N–H and O–H groups in total. The van der Waals surface area contributed by atoms with Crippen molar-refractivity contribution in [3.05, 3.63) is 66.0 Å². The van der Waals surface area contributed by atoms with E-state index in [4.69, 9.17) is 14.2 Å². The van der Waals surface area contributed by atoms with E-state index >= 15 is 0 Å². The highest BCUT2D eigenvalue weighted by atomic mass is 16.7. The van der Waals surface area contributed by atoms with Crippen molar-refractivity contribution in [1.29, 1.82) is 0 Å². The maximum absolute atomic E-state index is 12.4. The van der Waals surface area contributed by atoms with Crippen molar-refractivity contribution in [3.63, 3.8) is 0 Å². The molecule has 0 bridgehead atoms. The lowest BCUT2D eigenvalue weighted by atomic mass is 10.1. The van der Waals surface area contributed by atoms with Crippen molar-refractivity contribution < 1.29 is 19.0 Å². The van der Waals surface area contributed by atoms with Crippen LogP contribution in [0.5, 0.6) is 11.6 Å². The molecular formula is C19H22N2O4. The van der Waals surface area contributed by atoms with Gasteiger partial charge in [0, 0.05) is 39.5 Å². The van der Waals surface area contributed by atoms with Crippen LogP contribution in [0.1, 0.15) is 15.9 Å². The van der Waals surface area contributed by atoms with Crippen LogP contribution in [0.3, 0.4) is 0 Å². The van der Waals surface area contributed by atoms with E-state index < -0.39 is 0 Å². The first-order valence-electron chi connectivity index (χ1n) is 7.77. The number of benzene rings is 1. The van der Waals surface area contributed by atoms with E-state index in [-0.39, 0.29) is 12.6 Å². The number of hydrogen-bond donors (Lipinski definition) is 0. The van der Waals surface area contributed by atoms with E-state index in [0.29, 0.717) is 23.8 Å². The molecule has 0 aliphatic rings. The predicted molar refractivity (Wildman–Crippen MR) is 94.7 cm³/mol. The van der Waals surface area contributed by atoms with Crippen molar-refractivity contribution in [2.45, 2.75) is 6.61 Å². The second-order valence-electron chi connectivity index (χ2n) is 5.49. The zero-order valence-corrected chi connectivity index (χ0v) is 14.6. The number of rotatable bonds is 9. The summed E-state index contributed by atoms with van der Waals surface area (Å²) in [6.45, 7) is 0.400. The third-order valence-electron chi connectivity index (χ3n) is 3.19. The predicted octanol–water partition coefficient (Wildman–Crippen LogP) is 2.90.